The van der Waals surface area contributed by atoms with Crippen molar-refractivity contribution in [2.45, 2.75) is 38.9 Å². The zero-order valence-corrected chi connectivity index (χ0v) is 17.8. The smallest absolute Gasteiger partial charge is 0.268 e. The van der Waals surface area contributed by atoms with Gasteiger partial charge in [0.2, 0.25) is 0 Å². The molecule has 1 aliphatic rings. The quantitative estimate of drug-likeness (QED) is 0.734. The van der Waals surface area contributed by atoms with E-state index in [1.165, 1.54) is 7.11 Å². The minimum absolute atomic E-state index is 0.124. The number of methoxy groups -OCH3 is 1. The Labute approximate surface area is 175 Å². The first-order chi connectivity index (χ1) is 13.7. The van der Waals surface area contributed by atoms with E-state index in [4.69, 9.17) is 25.8 Å². The molecule has 1 atom stereocenters. The Hall–Kier alpha value is -2.44. The largest absolute Gasteiger partial charge is 0.493 e. The van der Waals surface area contributed by atoms with E-state index in [1.54, 1.807) is 43.0 Å². The van der Waals surface area contributed by atoms with Crippen LogP contribution in [0.3, 0.4) is 0 Å². The van der Waals surface area contributed by atoms with Crippen molar-refractivity contribution in [1.82, 2.24) is 0 Å². The summed E-state index contributed by atoms with van der Waals surface area (Å²) in [4.78, 5) is 14.5. The molecule has 1 fully saturated rings. The van der Waals surface area contributed by atoms with Gasteiger partial charge in [-0.15, -0.1) is 0 Å². The molecule has 29 heavy (non-hydrogen) atoms. The van der Waals surface area contributed by atoms with Gasteiger partial charge in [-0.1, -0.05) is 17.7 Å². The number of benzene rings is 2. The molecule has 0 saturated carbocycles. The molecule has 7 heteroatoms. The number of carbonyl (C=O) groups is 1. The summed E-state index contributed by atoms with van der Waals surface area (Å²) in [5, 5.41) is 10.3. The molecule has 0 radical (unpaired) electrons. The summed E-state index contributed by atoms with van der Waals surface area (Å²) >= 11 is 6.23. The number of rotatable bonds is 7. The van der Waals surface area contributed by atoms with Crippen LogP contribution in [0.4, 0.5) is 5.69 Å². The first kappa shape index (κ1) is 21.3. The average Bonchev–Trinajstić information content (AvgIpc) is 3.02. The predicted molar refractivity (Wildman–Crippen MR) is 112 cm³/mol. The van der Waals surface area contributed by atoms with E-state index in [2.05, 4.69) is 0 Å². The lowest BCUT2D eigenvalue weighted by Gasteiger charge is -2.21. The van der Waals surface area contributed by atoms with Gasteiger partial charge in [0.15, 0.2) is 17.6 Å². The van der Waals surface area contributed by atoms with E-state index in [9.17, 15) is 9.90 Å². The molecule has 0 aliphatic carbocycles. The Kier molecular flexibility index (Phi) is 6.24. The normalized spacial score (nSPS) is 16.8. The van der Waals surface area contributed by atoms with Crippen LogP contribution in [0.15, 0.2) is 36.4 Å². The zero-order valence-electron chi connectivity index (χ0n) is 17.1. The number of halogens is 1. The fourth-order valence-electron chi connectivity index (χ4n) is 3.07. The van der Waals surface area contributed by atoms with Crippen LogP contribution < -0.4 is 19.1 Å². The molecule has 1 N–H and O–H groups in total. The zero-order chi connectivity index (χ0) is 21.2. The van der Waals surface area contributed by atoms with Crippen molar-refractivity contribution in [2.24, 2.45) is 0 Å². The standard InChI is InChI=1S/C22H26ClNO5/c1-14-5-7-17(16(23)11-14)29-19-9-10-24(21(19)25)15-6-8-18(20(12-15)27-4)28-13-22(2,3)26/h5-8,11-12,19,26H,9-10,13H2,1-4H3. The summed E-state index contributed by atoms with van der Waals surface area (Å²) in [5.74, 6) is 1.37. The van der Waals surface area contributed by atoms with E-state index in [0.717, 1.165) is 5.56 Å². The molecule has 156 valence electrons. The minimum atomic E-state index is -0.962. The fourth-order valence-corrected chi connectivity index (χ4v) is 3.35. The van der Waals surface area contributed by atoms with Gasteiger partial charge >= 0.3 is 0 Å². The van der Waals surface area contributed by atoms with Gasteiger partial charge in [-0.3, -0.25) is 4.79 Å². The third kappa shape index (κ3) is 5.14. The number of amides is 1. The van der Waals surface area contributed by atoms with E-state index < -0.39 is 11.7 Å². The van der Waals surface area contributed by atoms with Crippen LogP contribution in [-0.4, -0.2) is 43.0 Å². The van der Waals surface area contributed by atoms with Gasteiger partial charge in [0, 0.05) is 24.7 Å². The molecule has 6 nitrogen and oxygen atoms in total. The molecule has 1 amide bonds. The molecule has 1 unspecified atom stereocenters. The van der Waals surface area contributed by atoms with Crippen molar-refractivity contribution in [3.8, 4) is 17.2 Å². The Bertz CT molecular complexity index is 893. The van der Waals surface area contributed by atoms with Gasteiger partial charge in [-0.05, 0) is 50.6 Å². The van der Waals surface area contributed by atoms with Gasteiger partial charge < -0.3 is 24.2 Å². The van der Waals surface area contributed by atoms with Crippen LogP contribution in [0.5, 0.6) is 17.2 Å². The maximum Gasteiger partial charge on any atom is 0.268 e. The van der Waals surface area contributed by atoms with Crippen LogP contribution in [-0.2, 0) is 4.79 Å². The van der Waals surface area contributed by atoms with Gasteiger partial charge in [-0.2, -0.15) is 0 Å². The van der Waals surface area contributed by atoms with E-state index in [0.29, 0.717) is 40.9 Å². The highest BCUT2D eigenvalue weighted by atomic mass is 35.5. The Morgan fingerprint density at radius 1 is 1.17 bits per heavy atom. The molecule has 0 bridgehead atoms. The molecule has 0 aromatic heterocycles. The highest BCUT2D eigenvalue weighted by Crippen LogP contribution is 2.35. The summed E-state index contributed by atoms with van der Waals surface area (Å²) in [5.41, 5.74) is 0.764. The van der Waals surface area contributed by atoms with E-state index in [1.807, 2.05) is 19.1 Å². The highest BCUT2D eigenvalue weighted by molar-refractivity contribution is 6.32. The summed E-state index contributed by atoms with van der Waals surface area (Å²) in [6.07, 6.45) is -0.0326. The first-order valence-electron chi connectivity index (χ1n) is 9.45. The SMILES string of the molecule is COc1cc(N2CCC(Oc3ccc(C)cc3Cl)C2=O)ccc1OCC(C)(C)O. The first-order valence-corrected chi connectivity index (χ1v) is 9.83. The van der Waals surface area contributed by atoms with Crippen LogP contribution in [0.25, 0.3) is 0 Å². The van der Waals surface area contributed by atoms with E-state index >= 15 is 0 Å². The summed E-state index contributed by atoms with van der Waals surface area (Å²) in [7, 11) is 1.53. The fraction of sp³-hybridized carbons (Fsp3) is 0.409. The molecule has 0 spiro atoms. The lowest BCUT2D eigenvalue weighted by molar-refractivity contribution is -0.122. The number of anilines is 1. The van der Waals surface area contributed by atoms with Crippen molar-refractivity contribution in [3.05, 3.63) is 47.0 Å². The van der Waals surface area contributed by atoms with Crippen molar-refractivity contribution < 1.29 is 24.1 Å². The third-order valence-electron chi connectivity index (χ3n) is 4.55. The van der Waals surface area contributed by atoms with E-state index in [-0.39, 0.29) is 12.5 Å². The molecule has 1 aliphatic heterocycles. The summed E-state index contributed by atoms with van der Waals surface area (Å²) in [6, 6.07) is 10.8. The number of aliphatic hydroxyl groups is 1. The van der Waals surface area contributed by atoms with Gasteiger partial charge in [0.1, 0.15) is 12.4 Å². The summed E-state index contributed by atoms with van der Waals surface area (Å²) < 4.78 is 16.9. The molecule has 2 aromatic carbocycles. The Morgan fingerprint density at radius 3 is 2.55 bits per heavy atom. The number of nitrogens with zero attached hydrogens (tertiary/aromatic N) is 1. The van der Waals surface area contributed by atoms with Crippen molar-refractivity contribution in [3.63, 3.8) is 0 Å². The minimum Gasteiger partial charge on any atom is -0.493 e. The number of ether oxygens (including phenoxy) is 3. The number of hydrogen-bond donors (Lipinski definition) is 1. The monoisotopic (exact) mass is 419 g/mol. The summed E-state index contributed by atoms with van der Waals surface area (Å²) in [6.45, 7) is 5.92. The van der Waals surface area contributed by atoms with Gasteiger partial charge in [0.05, 0.1) is 17.7 Å². The third-order valence-corrected chi connectivity index (χ3v) is 4.85. The molecule has 1 heterocycles. The molecule has 2 aromatic rings. The Morgan fingerprint density at radius 2 is 1.90 bits per heavy atom. The maximum absolute atomic E-state index is 12.9. The van der Waals surface area contributed by atoms with Crippen molar-refractivity contribution in [2.75, 3.05) is 25.2 Å². The van der Waals surface area contributed by atoms with Gasteiger partial charge in [-0.25, -0.2) is 0 Å². The lowest BCUT2D eigenvalue weighted by Crippen LogP contribution is -2.32. The van der Waals surface area contributed by atoms with Crippen LogP contribution in [0.1, 0.15) is 25.8 Å². The Balaban J connectivity index is 1.73. The number of aryl methyl sites for hydroxylation is 1. The topological polar surface area (TPSA) is 68.2 Å². The number of carbonyl (C=O) groups excluding carboxylic acids is 1. The van der Waals surface area contributed by atoms with Crippen LogP contribution in [0.2, 0.25) is 5.02 Å². The molecular weight excluding hydrogens is 394 g/mol. The second kappa shape index (κ2) is 8.51. The predicted octanol–water partition coefficient (Wildman–Crippen LogP) is 3.99. The highest BCUT2D eigenvalue weighted by Gasteiger charge is 2.35. The molecular formula is C22H26ClNO5. The second-order valence-electron chi connectivity index (χ2n) is 7.76. The second-order valence-corrected chi connectivity index (χ2v) is 8.16. The van der Waals surface area contributed by atoms with Crippen molar-refractivity contribution >= 4 is 23.2 Å². The number of hydrogen-bond acceptors (Lipinski definition) is 5. The van der Waals surface area contributed by atoms with Gasteiger partial charge in [0.25, 0.3) is 5.91 Å². The lowest BCUT2D eigenvalue weighted by atomic mass is 10.2. The maximum atomic E-state index is 12.9. The van der Waals surface area contributed by atoms with Crippen LogP contribution >= 0.6 is 11.6 Å². The average molecular weight is 420 g/mol. The molecule has 3 rings (SSSR count). The van der Waals surface area contributed by atoms with Crippen molar-refractivity contribution in [1.29, 1.82) is 0 Å². The van der Waals surface area contributed by atoms with Crippen LogP contribution in [0, 0.1) is 6.92 Å². The molecule has 1 saturated heterocycles.